The molecule has 1 fully saturated rings. The summed E-state index contributed by atoms with van der Waals surface area (Å²) in [7, 11) is 0. The molecule has 2 heterocycles. The summed E-state index contributed by atoms with van der Waals surface area (Å²) in [5.74, 6) is 1.02. The quantitative estimate of drug-likeness (QED) is 0.887. The predicted molar refractivity (Wildman–Crippen MR) is 69.5 cm³/mol. The number of aliphatic hydroxyl groups is 1. The van der Waals surface area contributed by atoms with Gasteiger partial charge in [-0.2, -0.15) is 0 Å². The third-order valence-electron chi connectivity index (χ3n) is 3.36. The maximum Gasteiger partial charge on any atom is 0.127 e. The second kappa shape index (κ2) is 4.92. The molecule has 1 atom stereocenters. The molecule has 18 heavy (non-hydrogen) atoms. The second-order valence-electron chi connectivity index (χ2n) is 4.73. The minimum absolute atomic E-state index is 0.176. The standard InChI is InChI=1S/C14H17N3O/c18-13-6-8-16(10-13)11-14-15-7-9-17(14)12-4-2-1-3-5-12/h1-5,7,9,13,18H,6,8,10-11H2. The van der Waals surface area contributed by atoms with Gasteiger partial charge in [0.25, 0.3) is 0 Å². The number of hydrogen-bond donors (Lipinski definition) is 1. The number of benzene rings is 1. The van der Waals surface area contributed by atoms with Crippen LogP contribution in [0.25, 0.3) is 5.69 Å². The van der Waals surface area contributed by atoms with Crippen LogP contribution >= 0.6 is 0 Å². The lowest BCUT2D eigenvalue weighted by molar-refractivity contribution is 0.173. The van der Waals surface area contributed by atoms with Crippen LogP contribution in [0.3, 0.4) is 0 Å². The van der Waals surface area contributed by atoms with Crippen LogP contribution in [0.4, 0.5) is 0 Å². The molecule has 4 nitrogen and oxygen atoms in total. The third kappa shape index (κ3) is 2.30. The Morgan fingerprint density at radius 1 is 1.28 bits per heavy atom. The van der Waals surface area contributed by atoms with Crippen molar-refractivity contribution in [2.24, 2.45) is 0 Å². The highest BCUT2D eigenvalue weighted by atomic mass is 16.3. The maximum atomic E-state index is 9.55. The molecule has 1 aliphatic heterocycles. The fourth-order valence-corrected chi connectivity index (χ4v) is 2.43. The molecule has 0 aliphatic carbocycles. The van der Waals surface area contributed by atoms with Gasteiger partial charge >= 0.3 is 0 Å². The average Bonchev–Trinajstić information content (AvgIpc) is 3.00. The summed E-state index contributed by atoms with van der Waals surface area (Å²) in [5, 5.41) is 9.55. The lowest BCUT2D eigenvalue weighted by Crippen LogP contribution is -2.23. The van der Waals surface area contributed by atoms with E-state index in [0.29, 0.717) is 0 Å². The Balaban J connectivity index is 1.80. The van der Waals surface area contributed by atoms with Crippen molar-refractivity contribution in [3.05, 3.63) is 48.5 Å². The fourth-order valence-electron chi connectivity index (χ4n) is 2.43. The van der Waals surface area contributed by atoms with Crippen molar-refractivity contribution in [2.75, 3.05) is 13.1 Å². The minimum Gasteiger partial charge on any atom is -0.392 e. The highest BCUT2D eigenvalue weighted by molar-refractivity contribution is 5.32. The van der Waals surface area contributed by atoms with Gasteiger partial charge < -0.3 is 9.67 Å². The number of rotatable bonds is 3. The van der Waals surface area contributed by atoms with Crippen LogP contribution in [-0.2, 0) is 6.54 Å². The zero-order valence-electron chi connectivity index (χ0n) is 10.2. The molecule has 1 aromatic heterocycles. The smallest absolute Gasteiger partial charge is 0.127 e. The van der Waals surface area contributed by atoms with E-state index in [0.717, 1.165) is 37.6 Å². The van der Waals surface area contributed by atoms with Crippen LogP contribution in [-0.4, -0.2) is 38.8 Å². The molecule has 1 aromatic carbocycles. The summed E-state index contributed by atoms with van der Waals surface area (Å²) < 4.78 is 2.10. The number of likely N-dealkylation sites (tertiary alicyclic amines) is 1. The summed E-state index contributed by atoms with van der Waals surface area (Å²) in [6.45, 7) is 2.49. The molecule has 4 heteroatoms. The van der Waals surface area contributed by atoms with Gasteiger partial charge in [-0.05, 0) is 18.6 Å². The van der Waals surface area contributed by atoms with Crippen LogP contribution < -0.4 is 0 Å². The normalized spacial score (nSPS) is 20.4. The van der Waals surface area contributed by atoms with Crippen molar-refractivity contribution in [1.29, 1.82) is 0 Å². The Morgan fingerprint density at radius 3 is 2.83 bits per heavy atom. The zero-order chi connectivity index (χ0) is 12.4. The van der Waals surface area contributed by atoms with E-state index in [1.807, 2.05) is 30.6 Å². The van der Waals surface area contributed by atoms with Crippen LogP contribution in [0.1, 0.15) is 12.2 Å². The Bertz CT molecular complexity index is 509. The lowest BCUT2D eigenvalue weighted by Gasteiger charge is -2.15. The van der Waals surface area contributed by atoms with E-state index >= 15 is 0 Å². The molecule has 1 unspecified atom stereocenters. The van der Waals surface area contributed by atoms with Gasteiger partial charge in [0.05, 0.1) is 12.6 Å². The lowest BCUT2D eigenvalue weighted by atomic mass is 10.3. The molecule has 0 bridgehead atoms. The molecule has 0 spiro atoms. The number of β-amino-alcohol motifs (C(OH)–C–C–N with tert-alkyl or cyclic N) is 1. The first-order chi connectivity index (χ1) is 8.83. The monoisotopic (exact) mass is 243 g/mol. The number of aromatic nitrogens is 2. The molecular formula is C14H17N3O. The minimum atomic E-state index is -0.176. The molecule has 3 rings (SSSR count). The summed E-state index contributed by atoms with van der Waals surface area (Å²) in [4.78, 5) is 6.66. The Hall–Kier alpha value is -1.65. The summed E-state index contributed by atoms with van der Waals surface area (Å²) >= 11 is 0. The van der Waals surface area contributed by atoms with Gasteiger partial charge in [0, 0.05) is 31.2 Å². The third-order valence-corrected chi connectivity index (χ3v) is 3.36. The molecule has 94 valence electrons. The topological polar surface area (TPSA) is 41.3 Å². The molecule has 0 amide bonds. The van der Waals surface area contributed by atoms with Crippen molar-refractivity contribution >= 4 is 0 Å². The van der Waals surface area contributed by atoms with E-state index in [9.17, 15) is 5.11 Å². The van der Waals surface area contributed by atoms with Gasteiger partial charge in [-0.1, -0.05) is 18.2 Å². The van der Waals surface area contributed by atoms with E-state index in [1.165, 1.54) is 0 Å². The van der Waals surface area contributed by atoms with E-state index < -0.39 is 0 Å². The summed E-state index contributed by atoms with van der Waals surface area (Å²) in [5.41, 5.74) is 1.13. The number of nitrogens with zero attached hydrogens (tertiary/aromatic N) is 3. The Labute approximate surface area is 107 Å². The van der Waals surface area contributed by atoms with E-state index in [-0.39, 0.29) is 6.10 Å². The summed E-state index contributed by atoms with van der Waals surface area (Å²) in [6, 6.07) is 10.2. The first-order valence-corrected chi connectivity index (χ1v) is 6.31. The van der Waals surface area contributed by atoms with Crippen molar-refractivity contribution in [2.45, 2.75) is 19.1 Å². The molecule has 0 saturated carbocycles. The first-order valence-electron chi connectivity index (χ1n) is 6.31. The number of para-hydroxylation sites is 1. The summed E-state index contributed by atoms with van der Waals surface area (Å²) in [6.07, 6.45) is 4.50. The number of hydrogen-bond acceptors (Lipinski definition) is 3. The molecule has 1 aliphatic rings. The van der Waals surface area contributed by atoms with Gasteiger partial charge in [-0.3, -0.25) is 4.90 Å². The molecular weight excluding hydrogens is 226 g/mol. The van der Waals surface area contributed by atoms with Crippen LogP contribution in [0, 0.1) is 0 Å². The highest BCUT2D eigenvalue weighted by Gasteiger charge is 2.21. The molecule has 0 radical (unpaired) electrons. The number of aliphatic hydroxyl groups excluding tert-OH is 1. The second-order valence-corrected chi connectivity index (χ2v) is 4.73. The molecule has 2 aromatic rings. The predicted octanol–water partition coefficient (Wildman–Crippen LogP) is 1.44. The van der Waals surface area contributed by atoms with E-state index in [1.54, 1.807) is 0 Å². The molecule has 1 saturated heterocycles. The highest BCUT2D eigenvalue weighted by Crippen LogP contribution is 2.15. The van der Waals surface area contributed by atoms with Gasteiger partial charge in [0.2, 0.25) is 0 Å². The van der Waals surface area contributed by atoms with Gasteiger partial charge in [-0.25, -0.2) is 4.98 Å². The van der Waals surface area contributed by atoms with Gasteiger partial charge in [-0.15, -0.1) is 0 Å². The first kappa shape index (κ1) is 11.4. The van der Waals surface area contributed by atoms with Crippen molar-refractivity contribution in [1.82, 2.24) is 14.5 Å². The Kier molecular flexibility index (Phi) is 3.13. The van der Waals surface area contributed by atoms with Crippen molar-refractivity contribution in [3.63, 3.8) is 0 Å². The van der Waals surface area contributed by atoms with Crippen molar-refractivity contribution < 1.29 is 5.11 Å². The SMILES string of the molecule is OC1CCN(Cc2nccn2-c2ccccc2)C1. The number of imidazole rings is 1. The fraction of sp³-hybridized carbons (Fsp3) is 0.357. The molecule has 1 N–H and O–H groups in total. The van der Waals surface area contributed by atoms with E-state index in [4.69, 9.17) is 0 Å². The van der Waals surface area contributed by atoms with Crippen molar-refractivity contribution in [3.8, 4) is 5.69 Å². The van der Waals surface area contributed by atoms with Gasteiger partial charge in [0.15, 0.2) is 0 Å². The van der Waals surface area contributed by atoms with Crippen LogP contribution in [0.2, 0.25) is 0 Å². The Morgan fingerprint density at radius 2 is 2.11 bits per heavy atom. The average molecular weight is 243 g/mol. The van der Waals surface area contributed by atoms with E-state index in [2.05, 4.69) is 26.6 Å². The largest absolute Gasteiger partial charge is 0.392 e. The van der Waals surface area contributed by atoms with Crippen LogP contribution in [0.15, 0.2) is 42.7 Å². The van der Waals surface area contributed by atoms with Crippen LogP contribution in [0.5, 0.6) is 0 Å². The zero-order valence-corrected chi connectivity index (χ0v) is 10.2. The maximum absolute atomic E-state index is 9.55. The van der Waals surface area contributed by atoms with Gasteiger partial charge in [0.1, 0.15) is 5.82 Å².